The van der Waals surface area contributed by atoms with Crippen molar-refractivity contribution in [3.05, 3.63) is 29.2 Å². The second-order valence-corrected chi connectivity index (χ2v) is 11.1. The Labute approximate surface area is 162 Å². The molecule has 1 amide bonds. The normalized spacial score (nSPS) is 11.9. The van der Waals surface area contributed by atoms with Gasteiger partial charge in [0, 0.05) is 14.0 Å². The van der Waals surface area contributed by atoms with Gasteiger partial charge in [0.2, 0.25) is 0 Å². The molecule has 0 aromatic carbocycles. The van der Waals surface area contributed by atoms with Crippen molar-refractivity contribution in [1.29, 1.82) is 0 Å². The minimum Gasteiger partial charge on any atom is -1.00 e. The molecule has 0 fully saturated rings. The molecule has 127 valence electrons. The van der Waals surface area contributed by atoms with Gasteiger partial charge in [0.25, 0.3) is 0 Å². The molecule has 0 saturated heterocycles. The van der Waals surface area contributed by atoms with Gasteiger partial charge in [-0.2, -0.15) is 6.08 Å². The van der Waals surface area contributed by atoms with Crippen LogP contribution in [0.4, 0.5) is 0 Å². The maximum Gasteiger partial charge on any atom is 4.00 e. The number of rotatable bonds is 7. The van der Waals surface area contributed by atoms with Crippen molar-refractivity contribution >= 4 is 14.0 Å². The molecule has 1 N–H and O–H groups in total. The maximum absolute atomic E-state index is 10.1. The molecular weight excluding hydrogens is 372 g/mol. The van der Waals surface area contributed by atoms with Crippen molar-refractivity contribution in [3.63, 3.8) is 0 Å². The van der Waals surface area contributed by atoms with Crippen LogP contribution in [-0.4, -0.2) is 14.0 Å². The van der Waals surface area contributed by atoms with Crippen LogP contribution in [0, 0.1) is 6.08 Å². The summed E-state index contributed by atoms with van der Waals surface area (Å²) in [5.74, 6) is -0.420. The first-order valence-electron chi connectivity index (χ1n) is 7.40. The Kier molecular flexibility index (Phi) is 24.3. The second kappa shape index (κ2) is 17.7. The molecule has 1 radical (unpaired) electrons. The van der Waals surface area contributed by atoms with E-state index in [0.717, 1.165) is 19.3 Å². The average Bonchev–Trinajstić information content (AvgIpc) is 2.82. The van der Waals surface area contributed by atoms with E-state index >= 15 is 0 Å². The number of hydrogen-bond acceptors (Lipinski definition) is 1. The van der Waals surface area contributed by atoms with E-state index in [9.17, 15) is 4.79 Å². The van der Waals surface area contributed by atoms with Gasteiger partial charge in [-0.1, -0.05) is 52.2 Å². The molecule has 1 rings (SSSR count). The molecular formula is C16H29Cl2NOSiV. The van der Waals surface area contributed by atoms with Gasteiger partial charge in [-0.05, 0) is 12.8 Å². The molecule has 1 aliphatic rings. The Bertz CT molecular complexity index is 329. The van der Waals surface area contributed by atoms with Crippen molar-refractivity contribution in [2.45, 2.75) is 71.5 Å². The van der Waals surface area contributed by atoms with Crippen molar-refractivity contribution in [3.8, 4) is 0 Å². The fourth-order valence-electron chi connectivity index (χ4n) is 1.81. The largest absolute Gasteiger partial charge is 4.00 e. The molecule has 0 unspecified atom stereocenters. The van der Waals surface area contributed by atoms with E-state index in [0.29, 0.717) is 6.42 Å². The second-order valence-electron chi connectivity index (χ2n) is 6.03. The zero-order valence-electron chi connectivity index (χ0n) is 14.2. The van der Waals surface area contributed by atoms with Gasteiger partial charge in [0.05, 0.1) is 0 Å². The molecule has 0 spiro atoms. The van der Waals surface area contributed by atoms with Gasteiger partial charge in [0.15, 0.2) is 0 Å². The number of carbonyl (C=O) groups excluding carboxylic acids is 1. The Hall–Kier alpha value is 0.331. The van der Waals surface area contributed by atoms with Crippen LogP contribution in [0.5, 0.6) is 0 Å². The molecule has 0 aromatic rings. The van der Waals surface area contributed by atoms with Crippen molar-refractivity contribution in [2.75, 3.05) is 0 Å². The van der Waals surface area contributed by atoms with Crippen molar-refractivity contribution < 1.29 is 48.2 Å². The first-order valence-corrected chi connectivity index (χ1v) is 10.9. The Morgan fingerprint density at radius 2 is 1.73 bits per heavy atom. The summed E-state index contributed by atoms with van der Waals surface area (Å²) < 4.78 is 0. The summed E-state index contributed by atoms with van der Waals surface area (Å²) in [6, 6.07) is 0. The van der Waals surface area contributed by atoms with E-state index in [2.05, 4.69) is 44.8 Å². The van der Waals surface area contributed by atoms with E-state index < -0.39 is 14.0 Å². The number of halogens is 2. The average molecular weight is 401 g/mol. The molecule has 6 heteroatoms. The van der Waals surface area contributed by atoms with Crippen LogP contribution in [0.15, 0.2) is 17.3 Å². The quantitative estimate of drug-likeness (QED) is 0.322. The first-order chi connectivity index (χ1) is 8.88. The van der Waals surface area contributed by atoms with E-state index in [4.69, 9.17) is 5.73 Å². The Morgan fingerprint density at radius 1 is 1.18 bits per heavy atom. The summed E-state index contributed by atoms with van der Waals surface area (Å²) in [5, 5.41) is 1.49. The summed E-state index contributed by atoms with van der Waals surface area (Å²) in [7, 11) is -1.01. The molecule has 0 heterocycles. The third kappa shape index (κ3) is 18.4. The van der Waals surface area contributed by atoms with Crippen LogP contribution in [0.2, 0.25) is 19.6 Å². The van der Waals surface area contributed by atoms with Crippen LogP contribution in [-0.2, 0) is 23.4 Å². The Morgan fingerprint density at radius 3 is 2.05 bits per heavy atom. The van der Waals surface area contributed by atoms with Crippen LogP contribution in [0.1, 0.15) is 51.9 Å². The van der Waals surface area contributed by atoms with Gasteiger partial charge in [-0.25, -0.2) is 11.3 Å². The summed E-state index contributed by atoms with van der Waals surface area (Å²) in [5.41, 5.74) is 6.62. The van der Waals surface area contributed by atoms with Crippen LogP contribution >= 0.6 is 0 Å². The number of amides is 1. The molecule has 0 saturated carbocycles. The fraction of sp³-hybridized carbons (Fsp3) is 0.688. The number of nitrogens with one attached hydrogen (secondary N) is 1. The van der Waals surface area contributed by atoms with Crippen LogP contribution in [0.3, 0.4) is 0 Å². The molecule has 22 heavy (non-hydrogen) atoms. The number of allylic oxidation sites excluding steroid dienone is 4. The van der Waals surface area contributed by atoms with Crippen LogP contribution < -0.4 is 24.8 Å². The Balaban J connectivity index is -0.000000130. The molecule has 0 bridgehead atoms. The summed E-state index contributed by atoms with van der Waals surface area (Å²) >= 11 is 0. The summed E-state index contributed by atoms with van der Waals surface area (Å²) in [6.45, 7) is 9.22. The minimum absolute atomic E-state index is 0. The molecule has 0 aromatic heterocycles. The first kappa shape index (κ1) is 30.2. The third-order valence-electron chi connectivity index (χ3n) is 3.01. The monoisotopic (exact) mass is 400 g/mol. The van der Waals surface area contributed by atoms with E-state index in [-0.39, 0.29) is 43.4 Å². The standard InChI is InChI=1S/C8H17NO.C8H13Si.2ClH.V/c1-2-3-4-5-6-7-8(9)10;1-9(2,3)8-6-4-5-7-8;;;/h2-7H2,1H3,(H2,9,10);4,6H,5H2,1-3H3;2*1H;/q;-1;;;+4/p-3. The topological polar surface area (TPSA) is 40.9 Å². The van der Waals surface area contributed by atoms with Gasteiger partial charge < -0.3 is 35.3 Å². The molecule has 0 aliphatic heterocycles. The van der Waals surface area contributed by atoms with Gasteiger partial charge in [0.1, 0.15) is 0 Å². The number of carbonyl (C=O) groups is 1. The molecule has 1 aliphatic carbocycles. The minimum atomic E-state index is -1.01. The van der Waals surface area contributed by atoms with Gasteiger partial charge in [-0.15, -0.1) is 6.42 Å². The zero-order chi connectivity index (χ0) is 14.7. The summed E-state index contributed by atoms with van der Waals surface area (Å²) in [4.78, 5) is 10.1. The number of unbranched alkanes of at least 4 members (excludes halogenated alkanes) is 4. The fourth-order valence-corrected chi connectivity index (χ4v) is 3.06. The smallest absolute Gasteiger partial charge is 1.00 e. The van der Waals surface area contributed by atoms with Crippen LogP contribution in [0.25, 0.3) is 5.73 Å². The van der Waals surface area contributed by atoms with Gasteiger partial charge in [-0.3, -0.25) is 6.08 Å². The van der Waals surface area contributed by atoms with Gasteiger partial charge >= 0.3 is 18.6 Å². The predicted octanol–water partition coefficient (Wildman–Crippen LogP) is -0.516. The molecule has 0 atom stereocenters. The third-order valence-corrected chi connectivity index (χ3v) is 4.97. The van der Waals surface area contributed by atoms with Crippen molar-refractivity contribution in [2.24, 2.45) is 0 Å². The zero-order valence-corrected chi connectivity index (χ0v) is 18.1. The number of hydrogen-bond donors (Lipinski definition) is 0. The van der Waals surface area contributed by atoms with E-state index in [1.165, 1.54) is 24.5 Å². The predicted molar refractivity (Wildman–Crippen MR) is 86.6 cm³/mol. The van der Waals surface area contributed by atoms with Crippen molar-refractivity contribution in [1.82, 2.24) is 0 Å². The van der Waals surface area contributed by atoms with E-state index in [1.54, 1.807) is 0 Å². The van der Waals surface area contributed by atoms with E-state index in [1.807, 2.05) is 0 Å². The SMILES string of the molecule is CCCCCCCC([NH-])=O.C[Si](C)(C)C1=[C-]CC=C1.[Cl-].[Cl-].[V+4]. The molecule has 2 nitrogen and oxygen atoms in total. The maximum atomic E-state index is 10.1. The summed E-state index contributed by atoms with van der Waals surface area (Å²) in [6.07, 6.45) is 15.0.